The summed E-state index contributed by atoms with van der Waals surface area (Å²) in [7, 11) is 9.44. The molecule has 0 aliphatic carbocycles. The molecule has 0 amide bonds. The average Bonchev–Trinajstić information content (AvgIpc) is 3.30. The van der Waals surface area contributed by atoms with Crippen molar-refractivity contribution in [3.8, 4) is 68.2 Å². The molecule has 0 spiro atoms. The number of ether oxygens (including phenoxy) is 10. The molecule has 0 aromatic heterocycles. The van der Waals surface area contributed by atoms with Crippen molar-refractivity contribution in [2.45, 2.75) is 0 Å². The second-order valence-corrected chi connectivity index (χ2v) is 13.9. The highest BCUT2D eigenvalue weighted by Gasteiger charge is 2.27. The smallest absolute Gasteiger partial charge is 0.188 e. The third-order valence-corrected chi connectivity index (χ3v) is 10.1. The van der Waals surface area contributed by atoms with Gasteiger partial charge in [0.15, 0.2) is 73.2 Å². The summed E-state index contributed by atoms with van der Waals surface area (Å²) in [6, 6.07) is 38.6. The van der Waals surface area contributed by atoms with Crippen LogP contribution in [0.1, 0.15) is 0 Å². The van der Waals surface area contributed by atoms with Crippen molar-refractivity contribution in [2.24, 2.45) is 0 Å². The highest BCUT2D eigenvalue weighted by atomic mass is 16.7. The van der Waals surface area contributed by atoms with Crippen LogP contribution >= 0.6 is 0 Å². The van der Waals surface area contributed by atoms with Gasteiger partial charge in [0.2, 0.25) is 0 Å². The number of methoxy groups -OCH3 is 6. The standard InChI is InChI=1S/C26H26O6.C24H22O6/c1-27-15-31-25-21(29-3)13-17-9-5-7-11-19(17)23(25)24-20-12-8-6-10-18(20)14-22(30-4)26(24)32-16-28-2;1-27-13-29-23-19(25)11-15-7-3-5-9-17(15)21(23)22-18-10-6-4-8-16(18)12-20(26)24(22)30-14-28-2/h5-14H,15-16H2,1-4H3;3-12,25-26H,13-14H2,1-2H3. The second kappa shape index (κ2) is 20.1. The van der Waals surface area contributed by atoms with E-state index in [9.17, 15) is 10.2 Å². The van der Waals surface area contributed by atoms with Gasteiger partial charge in [0.25, 0.3) is 0 Å². The minimum Gasteiger partial charge on any atom is -0.504 e. The van der Waals surface area contributed by atoms with Crippen molar-refractivity contribution < 1.29 is 57.6 Å². The van der Waals surface area contributed by atoms with Gasteiger partial charge < -0.3 is 57.6 Å². The van der Waals surface area contributed by atoms with Crippen molar-refractivity contribution in [3.63, 3.8) is 0 Å². The van der Waals surface area contributed by atoms with Crippen molar-refractivity contribution in [1.29, 1.82) is 0 Å². The Bertz CT molecular complexity index is 2630. The third kappa shape index (κ3) is 8.63. The SMILES string of the molecule is COCOc1c(O)cc2ccccc2c1-c1c(OCOC)c(O)cc2ccccc12.COCOc1c(OC)cc2ccccc2c1-c1c(OCOC)c(OC)cc2ccccc12. The predicted octanol–water partition coefficient (Wildman–Crippen LogP) is 10.7. The number of rotatable bonds is 16. The molecule has 2 N–H and O–H groups in total. The van der Waals surface area contributed by atoms with E-state index in [0.29, 0.717) is 34.1 Å². The molecule has 0 radical (unpaired) electrons. The van der Waals surface area contributed by atoms with Crippen LogP contribution in [0.3, 0.4) is 0 Å². The maximum absolute atomic E-state index is 10.8. The second-order valence-electron chi connectivity index (χ2n) is 13.9. The van der Waals surface area contributed by atoms with E-state index in [4.69, 9.17) is 47.4 Å². The fraction of sp³-hybridized carbons (Fsp3) is 0.200. The summed E-state index contributed by atoms with van der Waals surface area (Å²) in [6.07, 6.45) is 0. The minimum atomic E-state index is -0.0517. The maximum Gasteiger partial charge on any atom is 0.188 e. The Labute approximate surface area is 359 Å². The summed E-state index contributed by atoms with van der Waals surface area (Å²) in [6.45, 7) is 0.0313. The lowest BCUT2D eigenvalue weighted by Crippen LogP contribution is -2.06. The zero-order valence-electron chi connectivity index (χ0n) is 35.4. The van der Waals surface area contributed by atoms with E-state index in [1.165, 1.54) is 14.2 Å². The molecular weight excluding hydrogens is 793 g/mol. The number of phenols is 2. The van der Waals surface area contributed by atoms with Gasteiger partial charge in [0, 0.05) is 50.7 Å². The lowest BCUT2D eigenvalue weighted by Gasteiger charge is -2.22. The molecule has 0 atom stereocenters. The number of phenolic OH excluding ortho intramolecular Hbond substituents is 2. The first kappa shape index (κ1) is 43.1. The van der Waals surface area contributed by atoms with E-state index >= 15 is 0 Å². The van der Waals surface area contributed by atoms with Crippen molar-refractivity contribution in [2.75, 3.05) is 69.8 Å². The fourth-order valence-electron chi connectivity index (χ4n) is 7.58. The maximum atomic E-state index is 10.8. The number of fused-ring (bicyclic) bond motifs is 4. The highest BCUT2D eigenvalue weighted by molar-refractivity contribution is 6.13. The van der Waals surface area contributed by atoms with Crippen molar-refractivity contribution in [1.82, 2.24) is 0 Å². The van der Waals surface area contributed by atoms with Crippen LogP contribution in [0.2, 0.25) is 0 Å². The molecule has 0 aliphatic rings. The molecule has 8 rings (SSSR count). The van der Waals surface area contributed by atoms with Gasteiger partial charge in [-0.3, -0.25) is 0 Å². The molecule has 62 heavy (non-hydrogen) atoms. The molecule has 8 aromatic rings. The summed E-state index contributed by atoms with van der Waals surface area (Å²) in [5.74, 6) is 2.74. The largest absolute Gasteiger partial charge is 0.504 e. The lowest BCUT2D eigenvalue weighted by molar-refractivity contribution is 0.0482. The first-order chi connectivity index (χ1) is 30.4. The first-order valence-electron chi connectivity index (χ1n) is 19.5. The van der Waals surface area contributed by atoms with Crippen LogP contribution in [0.4, 0.5) is 0 Å². The molecule has 0 bridgehead atoms. The summed E-state index contributed by atoms with van der Waals surface area (Å²) in [5.41, 5.74) is 2.86. The fourth-order valence-corrected chi connectivity index (χ4v) is 7.58. The molecule has 0 unspecified atom stereocenters. The van der Waals surface area contributed by atoms with Gasteiger partial charge in [-0.15, -0.1) is 0 Å². The van der Waals surface area contributed by atoms with E-state index in [0.717, 1.165) is 54.2 Å². The van der Waals surface area contributed by atoms with Crippen LogP contribution in [-0.4, -0.2) is 80.0 Å². The van der Waals surface area contributed by atoms with Crippen LogP contribution in [-0.2, 0) is 18.9 Å². The van der Waals surface area contributed by atoms with E-state index in [2.05, 4.69) is 12.1 Å². The van der Waals surface area contributed by atoms with Gasteiger partial charge in [-0.1, -0.05) is 97.1 Å². The monoisotopic (exact) mass is 840 g/mol. The zero-order chi connectivity index (χ0) is 43.6. The normalized spacial score (nSPS) is 11.1. The van der Waals surface area contributed by atoms with E-state index < -0.39 is 0 Å². The molecule has 12 heteroatoms. The van der Waals surface area contributed by atoms with Crippen LogP contribution in [0.5, 0.6) is 46.0 Å². The molecule has 12 nitrogen and oxygen atoms in total. The Balaban J connectivity index is 0.000000187. The van der Waals surface area contributed by atoms with E-state index in [1.54, 1.807) is 40.6 Å². The average molecular weight is 841 g/mol. The topological polar surface area (TPSA) is 133 Å². The molecular formula is C50H48O12. The van der Waals surface area contributed by atoms with Gasteiger partial charge in [-0.2, -0.15) is 0 Å². The predicted molar refractivity (Wildman–Crippen MR) is 240 cm³/mol. The lowest BCUT2D eigenvalue weighted by atomic mass is 9.91. The molecule has 8 aromatic carbocycles. The number of benzene rings is 8. The Morgan fingerprint density at radius 1 is 0.339 bits per heavy atom. The summed E-state index contributed by atoms with van der Waals surface area (Å²) < 4.78 is 55.8. The minimum absolute atomic E-state index is 0.0362. The first-order valence-corrected chi connectivity index (χ1v) is 19.5. The van der Waals surface area contributed by atoms with Crippen LogP contribution in [0.15, 0.2) is 121 Å². The Hall–Kier alpha value is -6.96. The molecule has 0 saturated heterocycles. The zero-order valence-corrected chi connectivity index (χ0v) is 35.4. The van der Waals surface area contributed by atoms with Crippen LogP contribution < -0.4 is 28.4 Å². The van der Waals surface area contributed by atoms with Crippen LogP contribution in [0, 0.1) is 0 Å². The quantitative estimate of drug-likeness (QED) is 0.0897. The Kier molecular flexibility index (Phi) is 14.0. The molecule has 0 aliphatic heterocycles. The number of hydrogen-bond acceptors (Lipinski definition) is 12. The van der Waals surface area contributed by atoms with Gasteiger partial charge in [0.05, 0.1) is 14.2 Å². The van der Waals surface area contributed by atoms with Gasteiger partial charge in [-0.25, -0.2) is 0 Å². The van der Waals surface area contributed by atoms with Gasteiger partial charge >= 0.3 is 0 Å². The molecule has 0 heterocycles. The summed E-state index contributed by atoms with van der Waals surface area (Å²) in [5, 5.41) is 28.8. The summed E-state index contributed by atoms with van der Waals surface area (Å²) >= 11 is 0. The number of aromatic hydroxyl groups is 2. The Morgan fingerprint density at radius 2 is 0.597 bits per heavy atom. The van der Waals surface area contributed by atoms with Gasteiger partial charge in [-0.05, 0) is 67.4 Å². The molecule has 320 valence electrons. The van der Waals surface area contributed by atoms with Gasteiger partial charge in [0.1, 0.15) is 0 Å². The molecule has 0 fully saturated rings. The number of hydrogen-bond donors (Lipinski definition) is 2. The van der Waals surface area contributed by atoms with Crippen molar-refractivity contribution >= 4 is 43.1 Å². The summed E-state index contributed by atoms with van der Waals surface area (Å²) in [4.78, 5) is 0. The van der Waals surface area contributed by atoms with E-state index in [1.807, 2.05) is 97.1 Å². The van der Waals surface area contributed by atoms with Crippen molar-refractivity contribution in [3.05, 3.63) is 121 Å². The third-order valence-electron chi connectivity index (χ3n) is 10.1. The Morgan fingerprint density at radius 3 is 0.887 bits per heavy atom. The molecule has 0 saturated carbocycles. The highest BCUT2D eigenvalue weighted by Crippen LogP contribution is 2.53. The van der Waals surface area contributed by atoms with E-state index in [-0.39, 0.29) is 50.2 Å². The van der Waals surface area contributed by atoms with Crippen LogP contribution in [0.25, 0.3) is 65.3 Å².